The number of ether oxygens (including phenoxy) is 1. The predicted octanol–water partition coefficient (Wildman–Crippen LogP) is 3.73. The van der Waals surface area contributed by atoms with Crippen LogP contribution in [0.15, 0.2) is 46.9 Å². The molecule has 0 radical (unpaired) electrons. The molecule has 1 aliphatic heterocycles. The van der Waals surface area contributed by atoms with Crippen molar-refractivity contribution >= 4 is 23.0 Å². The largest absolute Gasteiger partial charge is 0.497 e. The number of hydrogen-bond donors (Lipinski definition) is 0. The molecular formula is C20H24N2O3S. The fourth-order valence-corrected chi connectivity index (χ4v) is 3.68. The molecule has 0 aliphatic carbocycles. The van der Waals surface area contributed by atoms with Gasteiger partial charge in [-0.3, -0.25) is 4.79 Å². The summed E-state index contributed by atoms with van der Waals surface area (Å²) in [6, 6.07) is 11.8. The van der Waals surface area contributed by atoms with E-state index < -0.39 is 0 Å². The third-order valence-corrected chi connectivity index (χ3v) is 5.21. The zero-order chi connectivity index (χ0) is 18.4. The molecule has 0 unspecified atom stereocenters. The minimum Gasteiger partial charge on any atom is -0.497 e. The molecule has 5 nitrogen and oxygen atoms in total. The van der Waals surface area contributed by atoms with E-state index in [2.05, 4.69) is 12.1 Å². The normalized spacial score (nSPS) is 16.1. The van der Waals surface area contributed by atoms with Crippen molar-refractivity contribution in [2.45, 2.75) is 32.3 Å². The first kappa shape index (κ1) is 18.5. The van der Waals surface area contributed by atoms with Crippen LogP contribution in [0.25, 0.3) is 0 Å². The Kier molecular flexibility index (Phi) is 6.28. The van der Waals surface area contributed by atoms with Crippen LogP contribution < -0.4 is 4.74 Å². The van der Waals surface area contributed by atoms with Crippen molar-refractivity contribution in [3.05, 3.63) is 52.2 Å². The minimum atomic E-state index is -0.0917. The highest BCUT2D eigenvalue weighted by molar-refractivity contribution is 7.10. The number of carbonyl (C=O) groups is 1. The molecule has 1 aliphatic rings. The second-order valence-corrected chi connectivity index (χ2v) is 7.33. The number of amides is 1. The van der Waals surface area contributed by atoms with Crippen LogP contribution in [0.3, 0.4) is 0 Å². The number of methoxy groups -OCH3 is 1. The van der Waals surface area contributed by atoms with Crippen LogP contribution in [0.4, 0.5) is 0 Å². The number of carbonyl (C=O) groups excluding carboxylic acids is 1. The van der Waals surface area contributed by atoms with Gasteiger partial charge in [-0.15, -0.1) is 11.3 Å². The maximum absolute atomic E-state index is 12.6. The molecule has 26 heavy (non-hydrogen) atoms. The number of benzene rings is 1. The number of nitrogens with zero attached hydrogens (tertiary/aromatic N) is 2. The number of hydrogen-bond acceptors (Lipinski definition) is 5. The summed E-state index contributed by atoms with van der Waals surface area (Å²) in [5.74, 6) is 0.967. The van der Waals surface area contributed by atoms with Crippen LogP contribution in [-0.2, 0) is 16.1 Å². The second kappa shape index (κ2) is 8.85. The van der Waals surface area contributed by atoms with Crippen LogP contribution in [0.5, 0.6) is 5.75 Å². The van der Waals surface area contributed by atoms with Gasteiger partial charge in [0, 0.05) is 17.8 Å². The molecule has 2 heterocycles. The average molecular weight is 372 g/mol. The third kappa shape index (κ3) is 4.64. The predicted molar refractivity (Wildman–Crippen MR) is 104 cm³/mol. The van der Waals surface area contributed by atoms with Gasteiger partial charge in [0.1, 0.15) is 5.75 Å². The van der Waals surface area contributed by atoms with E-state index in [9.17, 15) is 4.79 Å². The van der Waals surface area contributed by atoms with Gasteiger partial charge in [-0.2, -0.15) is 0 Å². The van der Waals surface area contributed by atoms with Crippen LogP contribution in [-0.4, -0.2) is 42.8 Å². The van der Waals surface area contributed by atoms with Crippen molar-refractivity contribution in [1.29, 1.82) is 0 Å². The van der Waals surface area contributed by atoms with E-state index in [4.69, 9.17) is 9.57 Å². The number of oxime groups is 1. The molecule has 1 aromatic heterocycles. The SMILES string of the molecule is CCCN(C[C@H]1CC(c2ccc(OC)cc2)=NO1)C(=O)Cc1cccs1. The van der Waals surface area contributed by atoms with E-state index in [-0.39, 0.29) is 12.0 Å². The Morgan fingerprint density at radius 3 is 2.81 bits per heavy atom. The van der Waals surface area contributed by atoms with Crippen LogP contribution >= 0.6 is 11.3 Å². The zero-order valence-electron chi connectivity index (χ0n) is 15.2. The molecule has 1 aromatic carbocycles. The average Bonchev–Trinajstić information content (AvgIpc) is 3.33. The maximum Gasteiger partial charge on any atom is 0.227 e. The van der Waals surface area contributed by atoms with Crippen molar-refractivity contribution < 1.29 is 14.4 Å². The van der Waals surface area contributed by atoms with Crippen LogP contribution in [0.2, 0.25) is 0 Å². The molecule has 0 saturated heterocycles. The van der Waals surface area contributed by atoms with E-state index in [0.29, 0.717) is 19.4 Å². The summed E-state index contributed by atoms with van der Waals surface area (Å²) in [6.07, 6.45) is 2.00. The first-order valence-corrected chi connectivity index (χ1v) is 9.74. The van der Waals surface area contributed by atoms with Crippen molar-refractivity contribution in [3.8, 4) is 5.75 Å². The quantitative estimate of drug-likeness (QED) is 0.709. The Morgan fingerprint density at radius 2 is 2.15 bits per heavy atom. The molecule has 0 N–H and O–H groups in total. The molecule has 6 heteroatoms. The first-order chi connectivity index (χ1) is 12.7. The lowest BCUT2D eigenvalue weighted by Gasteiger charge is -2.24. The molecule has 0 spiro atoms. The molecular weight excluding hydrogens is 348 g/mol. The van der Waals surface area contributed by atoms with E-state index in [1.54, 1.807) is 18.4 Å². The highest BCUT2D eigenvalue weighted by Crippen LogP contribution is 2.20. The molecule has 3 rings (SSSR count). The molecule has 0 saturated carbocycles. The number of thiophene rings is 1. The fraction of sp³-hybridized carbons (Fsp3) is 0.400. The molecule has 138 valence electrons. The van der Waals surface area contributed by atoms with Gasteiger partial charge in [0.2, 0.25) is 5.91 Å². The summed E-state index contributed by atoms with van der Waals surface area (Å²) < 4.78 is 5.19. The monoisotopic (exact) mass is 372 g/mol. The van der Waals surface area contributed by atoms with Crippen molar-refractivity contribution in [3.63, 3.8) is 0 Å². The van der Waals surface area contributed by atoms with Crippen molar-refractivity contribution in [2.24, 2.45) is 5.16 Å². The lowest BCUT2D eigenvalue weighted by atomic mass is 10.0. The summed E-state index contributed by atoms with van der Waals surface area (Å²) in [5.41, 5.74) is 1.94. The topological polar surface area (TPSA) is 51.1 Å². The summed E-state index contributed by atoms with van der Waals surface area (Å²) in [6.45, 7) is 3.39. The Bertz CT molecular complexity index is 741. The smallest absolute Gasteiger partial charge is 0.227 e. The summed E-state index contributed by atoms with van der Waals surface area (Å²) in [7, 11) is 1.65. The zero-order valence-corrected chi connectivity index (χ0v) is 16.0. The number of rotatable bonds is 8. The molecule has 0 fully saturated rings. The highest BCUT2D eigenvalue weighted by atomic mass is 32.1. The van der Waals surface area contributed by atoms with E-state index >= 15 is 0 Å². The lowest BCUT2D eigenvalue weighted by Crippen LogP contribution is -2.39. The van der Waals surface area contributed by atoms with Crippen LogP contribution in [0.1, 0.15) is 30.2 Å². The Balaban J connectivity index is 1.57. The van der Waals surface area contributed by atoms with Gasteiger partial charge in [-0.05, 0) is 47.7 Å². The van der Waals surface area contributed by atoms with Gasteiger partial charge in [0.25, 0.3) is 0 Å². The van der Waals surface area contributed by atoms with Crippen molar-refractivity contribution in [1.82, 2.24) is 4.90 Å². The van der Waals surface area contributed by atoms with Gasteiger partial charge in [0.15, 0.2) is 6.10 Å². The summed E-state index contributed by atoms with van der Waals surface area (Å²) in [5, 5.41) is 6.23. The van der Waals surface area contributed by atoms with E-state index in [1.165, 1.54) is 0 Å². The molecule has 1 amide bonds. The maximum atomic E-state index is 12.6. The van der Waals surface area contributed by atoms with Crippen LogP contribution in [0, 0.1) is 0 Å². The Morgan fingerprint density at radius 1 is 1.35 bits per heavy atom. The highest BCUT2D eigenvalue weighted by Gasteiger charge is 2.26. The summed E-state index contributed by atoms with van der Waals surface area (Å²) in [4.78, 5) is 21.2. The minimum absolute atomic E-state index is 0.0917. The second-order valence-electron chi connectivity index (χ2n) is 6.29. The van der Waals surface area contributed by atoms with E-state index in [0.717, 1.165) is 34.9 Å². The standard InChI is InChI=1S/C20H24N2O3S/c1-3-10-22(20(23)13-18-5-4-11-26-18)14-17-12-19(21-25-17)15-6-8-16(24-2)9-7-15/h4-9,11,17H,3,10,12-14H2,1-2H3/t17-/m1/s1. The lowest BCUT2D eigenvalue weighted by molar-refractivity contribution is -0.132. The van der Waals surface area contributed by atoms with Gasteiger partial charge in [0.05, 0.1) is 25.8 Å². The fourth-order valence-electron chi connectivity index (χ4n) is 2.99. The molecule has 0 bridgehead atoms. The molecule has 2 aromatic rings. The van der Waals surface area contributed by atoms with Crippen molar-refractivity contribution in [2.75, 3.05) is 20.2 Å². The molecule has 1 atom stereocenters. The van der Waals surface area contributed by atoms with E-state index in [1.807, 2.05) is 46.7 Å². The van der Waals surface area contributed by atoms with Gasteiger partial charge < -0.3 is 14.5 Å². The van der Waals surface area contributed by atoms with Gasteiger partial charge in [-0.1, -0.05) is 18.1 Å². The first-order valence-electron chi connectivity index (χ1n) is 8.87. The summed E-state index contributed by atoms with van der Waals surface area (Å²) >= 11 is 1.62. The Hall–Kier alpha value is -2.34. The van der Waals surface area contributed by atoms with Gasteiger partial charge >= 0.3 is 0 Å². The third-order valence-electron chi connectivity index (χ3n) is 4.33. The Labute approximate surface area is 158 Å². The van der Waals surface area contributed by atoms with Gasteiger partial charge in [-0.25, -0.2) is 0 Å².